The Labute approximate surface area is 109 Å². The average Bonchev–Trinajstić information content (AvgIpc) is 2.84. The van der Waals surface area contributed by atoms with E-state index < -0.39 is 22.8 Å². The van der Waals surface area contributed by atoms with Crippen molar-refractivity contribution >= 4 is 17.7 Å². The molecule has 1 amide bonds. The monoisotopic (exact) mass is 269 g/mol. The number of carbonyl (C=O) groups is 2. The van der Waals surface area contributed by atoms with Crippen molar-refractivity contribution in [2.45, 2.75) is 26.3 Å². The minimum atomic E-state index is -1.14. The highest BCUT2D eigenvalue weighted by atomic mass is 16.6. The smallest absolute Gasteiger partial charge is 0.326 e. The Balaban J connectivity index is 2.81. The average molecular weight is 269 g/mol. The van der Waals surface area contributed by atoms with E-state index >= 15 is 0 Å². The number of carboxylic acids is 1. The van der Waals surface area contributed by atoms with Gasteiger partial charge in [-0.1, -0.05) is 20.3 Å². The first kappa shape index (κ1) is 14.7. The van der Waals surface area contributed by atoms with Crippen LogP contribution in [0.2, 0.25) is 0 Å². The maximum absolute atomic E-state index is 11.8. The Morgan fingerprint density at radius 1 is 1.53 bits per heavy atom. The molecule has 0 saturated carbocycles. The van der Waals surface area contributed by atoms with Crippen molar-refractivity contribution in [3.63, 3.8) is 0 Å². The van der Waals surface area contributed by atoms with E-state index in [1.807, 2.05) is 6.92 Å². The molecule has 1 rings (SSSR count). The molecule has 1 aromatic heterocycles. The number of aromatic amines is 1. The van der Waals surface area contributed by atoms with Gasteiger partial charge in [-0.15, -0.1) is 0 Å². The summed E-state index contributed by atoms with van der Waals surface area (Å²) in [6, 6.07) is 1.36. The van der Waals surface area contributed by atoms with Gasteiger partial charge in [-0.3, -0.25) is 4.79 Å². The minimum absolute atomic E-state index is 0.0405. The molecule has 1 aromatic rings. The van der Waals surface area contributed by atoms with Crippen molar-refractivity contribution in [1.29, 1.82) is 0 Å². The first-order chi connectivity index (χ1) is 8.86. The third kappa shape index (κ3) is 3.54. The van der Waals surface area contributed by atoms with E-state index in [2.05, 4.69) is 10.3 Å². The third-order valence-corrected chi connectivity index (χ3v) is 2.88. The van der Waals surface area contributed by atoms with Crippen LogP contribution in [0.4, 0.5) is 5.82 Å². The number of hydrogen-bond acceptors (Lipinski definition) is 4. The molecule has 0 saturated heterocycles. The molecule has 0 bridgehead atoms. The minimum Gasteiger partial charge on any atom is -0.480 e. The molecule has 3 N–H and O–H groups in total. The fraction of sp³-hybridized carbons (Fsp3) is 0.455. The number of H-pyrrole nitrogens is 1. The number of nitrogens with one attached hydrogen (secondary N) is 2. The fourth-order valence-electron chi connectivity index (χ4n) is 1.52. The van der Waals surface area contributed by atoms with Gasteiger partial charge in [0, 0.05) is 6.07 Å². The van der Waals surface area contributed by atoms with Crippen molar-refractivity contribution in [2.24, 2.45) is 5.92 Å². The van der Waals surface area contributed by atoms with Gasteiger partial charge in [0.2, 0.25) is 0 Å². The Kier molecular flexibility index (Phi) is 4.62. The molecule has 1 heterocycles. The highest BCUT2D eigenvalue weighted by molar-refractivity contribution is 5.95. The summed E-state index contributed by atoms with van der Waals surface area (Å²) in [5.74, 6) is -2.38. The molecule has 19 heavy (non-hydrogen) atoms. The van der Waals surface area contributed by atoms with Gasteiger partial charge >= 0.3 is 11.8 Å². The van der Waals surface area contributed by atoms with Crippen molar-refractivity contribution < 1.29 is 19.6 Å². The maximum atomic E-state index is 11.8. The zero-order valence-electron chi connectivity index (χ0n) is 10.5. The van der Waals surface area contributed by atoms with Crippen LogP contribution in [0.1, 0.15) is 30.8 Å². The maximum Gasteiger partial charge on any atom is 0.326 e. The molecule has 0 aliphatic rings. The summed E-state index contributed by atoms with van der Waals surface area (Å²) in [6.45, 7) is 3.52. The number of aromatic nitrogens is 1. The molecule has 0 aliphatic heterocycles. The van der Waals surface area contributed by atoms with Crippen LogP contribution in [-0.4, -0.2) is 32.9 Å². The molecule has 0 radical (unpaired) electrons. The van der Waals surface area contributed by atoms with Gasteiger partial charge in [-0.05, 0) is 16.9 Å². The number of carbonyl (C=O) groups excluding carboxylic acids is 1. The van der Waals surface area contributed by atoms with Crippen LogP contribution in [0.5, 0.6) is 0 Å². The zero-order valence-corrected chi connectivity index (χ0v) is 10.5. The number of rotatable bonds is 6. The summed E-state index contributed by atoms with van der Waals surface area (Å²) in [6.07, 6.45) is 0.585. The predicted octanol–water partition coefficient (Wildman–Crippen LogP) is 1.15. The van der Waals surface area contributed by atoms with Crippen molar-refractivity contribution in [3.05, 3.63) is 27.9 Å². The Morgan fingerprint density at radius 3 is 2.58 bits per heavy atom. The van der Waals surface area contributed by atoms with Crippen LogP contribution in [0.15, 0.2) is 12.1 Å². The van der Waals surface area contributed by atoms with Crippen LogP contribution in [-0.2, 0) is 4.79 Å². The molecule has 0 spiro atoms. The van der Waals surface area contributed by atoms with Crippen molar-refractivity contribution in [2.75, 3.05) is 0 Å². The predicted molar refractivity (Wildman–Crippen MR) is 65.8 cm³/mol. The summed E-state index contributed by atoms with van der Waals surface area (Å²) in [5.41, 5.74) is -0.0405. The van der Waals surface area contributed by atoms with Crippen LogP contribution in [0.3, 0.4) is 0 Å². The van der Waals surface area contributed by atoms with E-state index in [0.717, 1.165) is 6.07 Å². The summed E-state index contributed by atoms with van der Waals surface area (Å²) in [5, 5.41) is 21.8. The molecular weight excluding hydrogens is 254 g/mol. The second-order valence-corrected chi connectivity index (χ2v) is 4.19. The lowest BCUT2D eigenvalue weighted by molar-refractivity contribution is -0.389. The molecule has 0 aliphatic carbocycles. The van der Waals surface area contributed by atoms with Crippen LogP contribution < -0.4 is 5.32 Å². The number of hydrogen-bond donors (Lipinski definition) is 3. The fourth-order valence-corrected chi connectivity index (χ4v) is 1.52. The standard InChI is InChI=1S/C11H15N3O5/c1-3-6(2)9(11(16)17)13-10(15)7-4-5-8(12-7)14(18)19/h4-6,9,12H,3H2,1-2H3,(H,13,15)(H,16,17). The normalized spacial score (nSPS) is 13.6. The van der Waals surface area contributed by atoms with Crippen LogP contribution in [0.25, 0.3) is 0 Å². The first-order valence-corrected chi connectivity index (χ1v) is 5.73. The Morgan fingerprint density at radius 2 is 2.16 bits per heavy atom. The highest BCUT2D eigenvalue weighted by Gasteiger charge is 2.27. The van der Waals surface area contributed by atoms with Gasteiger partial charge in [0.05, 0.1) is 0 Å². The zero-order chi connectivity index (χ0) is 14.6. The van der Waals surface area contributed by atoms with Crippen LogP contribution in [0, 0.1) is 16.0 Å². The molecule has 8 heteroatoms. The summed E-state index contributed by atoms with van der Waals surface area (Å²) >= 11 is 0. The molecule has 0 fully saturated rings. The summed E-state index contributed by atoms with van der Waals surface area (Å²) in [7, 11) is 0. The van der Waals surface area contributed by atoms with E-state index in [0.29, 0.717) is 6.42 Å². The lowest BCUT2D eigenvalue weighted by atomic mass is 9.99. The third-order valence-electron chi connectivity index (χ3n) is 2.88. The van der Waals surface area contributed by atoms with Gasteiger partial charge in [-0.25, -0.2) is 9.78 Å². The lowest BCUT2D eigenvalue weighted by Crippen LogP contribution is -2.45. The van der Waals surface area contributed by atoms with Gasteiger partial charge < -0.3 is 20.5 Å². The topological polar surface area (TPSA) is 125 Å². The number of amides is 1. The lowest BCUT2D eigenvalue weighted by Gasteiger charge is -2.19. The van der Waals surface area contributed by atoms with Gasteiger partial charge in [0.25, 0.3) is 5.91 Å². The Hall–Kier alpha value is -2.38. The molecule has 104 valence electrons. The van der Waals surface area contributed by atoms with Gasteiger partial charge in [0.15, 0.2) is 5.69 Å². The summed E-state index contributed by atoms with van der Waals surface area (Å²) < 4.78 is 0. The molecule has 0 aromatic carbocycles. The van der Waals surface area contributed by atoms with E-state index in [1.54, 1.807) is 6.92 Å². The molecular formula is C11H15N3O5. The molecule has 8 nitrogen and oxygen atoms in total. The van der Waals surface area contributed by atoms with Gasteiger partial charge in [0.1, 0.15) is 6.04 Å². The number of nitro groups is 1. The summed E-state index contributed by atoms with van der Waals surface area (Å²) in [4.78, 5) is 34.9. The number of carboxylic acid groups (broad SMARTS) is 1. The second kappa shape index (κ2) is 5.98. The van der Waals surface area contributed by atoms with Crippen molar-refractivity contribution in [1.82, 2.24) is 10.3 Å². The first-order valence-electron chi connectivity index (χ1n) is 5.73. The number of aliphatic carboxylic acids is 1. The quantitative estimate of drug-likeness (QED) is 0.527. The van der Waals surface area contributed by atoms with E-state index in [-0.39, 0.29) is 17.4 Å². The van der Waals surface area contributed by atoms with E-state index in [1.165, 1.54) is 6.07 Å². The van der Waals surface area contributed by atoms with E-state index in [4.69, 9.17) is 5.11 Å². The second-order valence-electron chi connectivity index (χ2n) is 4.19. The Bertz CT molecular complexity index is 496. The SMILES string of the molecule is CCC(C)C(NC(=O)c1ccc([N+](=O)[O-])[nH]1)C(=O)O. The van der Waals surface area contributed by atoms with Crippen molar-refractivity contribution in [3.8, 4) is 0 Å². The van der Waals surface area contributed by atoms with E-state index in [9.17, 15) is 19.7 Å². The molecule has 2 unspecified atom stereocenters. The number of nitrogens with zero attached hydrogens (tertiary/aromatic N) is 1. The highest BCUT2D eigenvalue weighted by Crippen LogP contribution is 2.12. The molecule has 2 atom stereocenters. The van der Waals surface area contributed by atoms with Crippen LogP contribution >= 0.6 is 0 Å². The largest absolute Gasteiger partial charge is 0.480 e. The van der Waals surface area contributed by atoms with Gasteiger partial charge in [-0.2, -0.15) is 0 Å².